The molecule has 2 atom stereocenters. The van der Waals surface area contributed by atoms with Gasteiger partial charge in [0, 0.05) is 25.5 Å². The molecule has 2 aromatic rings. The normalized spacial score (nSPS) is 15.2. The average Bonchev–Trinajstić information content (AvgIpc) is 2.87. The number of nitrogens with zero attached hydrogens (tertiary/aromatic N) is 3. The van der Waals surface area contributed by atoms with Gasteiger partial charge in [0.05, 0.1) is 31.8 Å². The highest BCUT2D eigenvalue weighted by atomic mass is 16.5. The number of ether oxygens (including phenoxy) is 1. The highest BCUT2D eigenvalue weighted by Crippen LogP contribution is 2.09. The molecule has 1 aliphatic heterocycles. The van der Waals surface area contributed by atoms with E-state index >= 15 is 0 Å². The summed E-state index contributed by atoms with van der Waals surface area (Å²) in [6, 6.07) is 8.16. The zero-order valence-electron chi connectivity index (χ0n) is 18.7. The van der Waals surface area contributed by atoms with Crippen molar-refractivity contribution in [1.82, 2.24) is 25.5 Å². The zero-order valence-corrected chi connectivity index (χ0v) is 18.7. The lowest BCUT2D eigenvalue weighted by atomic mass is 9.76. The van der Waals surface area contributed by atoms with Crippen LogP contribution < -0.4 is 10.6 Å². The summed E-state index contributed by atoms with van der Waals surface area (Å²) in [5.41, 5.74) is 0.958. The van der Waals surface area contributed by atoms with E-state index in [1.165, 1.54) is 18.6 Å². The van der Waals surface area contributed by atoms with E-state index in [-0.39, 0.29) is 24.4 Å². The second-order valence-electron chi connectivity index (χ2n) is 7.87. The Kier molecular flexibility index (Phi) is 9.50. The molecule has 0 spiro atoms. The summed E-state index contributed by atoms with van der Waals surface area (Å²) in [4.78, 5) is 47.8. The topological polar surface area (TPSA) is 154 Å². The van der Waals surface area contributed by atoms with Crippen LogP contribution in [-0.2, 0) is 20.7 Å². The van der Waals surface area contributed by atoms with E-state index in [1.54, 1.807) is 4.90 Å². The Bertz CT molecular complexity index is 943. The Morgan fingerprint density at radius 2 is 1.82 bits per heavy atom. The Hall–Kier alpha value is -3.35. The van der Waals surface area contributed by atoms with Gasteiger partial charge in [0.2, 0.25) is 11.8 Å². The molecule has 1 unspecified atom stereocenters. The van der Waals surface area contributed by atoms with Crippen molar-refractivity contribution in [3.63, 3.8) is 0 Å². The van der Waals surface area contributed by atoms with Crippen LogP contribution in [0, 0.1) is 0 Å². The Morgan fingerprint density at radius 3 is 2.47 bits per heavy atom. The van der Waals surface area contributed by atoms with Crippen LogP contribution in [0.15, 0.2) is 48.9 Å². The van der Waals surface area contributed by atoms with Crippen molar-refractivity contribution in [3.05, 3.63) is 60.2 Å². The maximum atomic E-state index is 13.1. The van der Waals surface area contributed by atoms with Crippen LogP contribution >= 0.6 is 0 Å². The molecule has 12 heteroatoms. The van der Waals surface area contributed by atoms with Gasteiger partial charge in [-0.2, -0.15) is 0 Å². The molecule has 0 aliphatic carbocycles. The minimum atomic E-state index is -1.82. The molecule has 0 bridgehead atoms. The van der Waals surface area contributed by atoms with Crippen LogP contribution in [0.1, 0.15) is 28.9 Å². The molecular formula is C22H28BN5O6. The number of carbonyl (C=O) groups excluding carboxylic acids is 3. The van der Waals surface area contributed by atoms with Gasteiger partial charge in [-0.15, -0.1) is 0 Å². The number of hydrogen-bond acceptors (Lipinski definition) is 8. The monoisotopic (exact) mass is 469 g/mol. The molecule has 1 aliphatic rings. The van der Waals surface area contributed by atoms with Gasteiger partial charge in [0.1, 0.15) is 11.7 Å². The molecule has 2 heterocycles. The summed E-state index contributed by atoms with van der Waals surface area (Å²) in [7, 11) is -1.82. The van der Waals surface area contributed by atoms with E-state index in [0.717, 1.165) is 5.56 Å². The van der Waals surface area contributed by atoms with Crippen molar-refractivity contribution in [1.29, 1.82) is 0 Å². The first-order valence-electron chi connectivity index (χ1n) is 11.1. The molecule has 3 amide bonds. The maximum Gasteiger partial charge on any atom is 0.475 e. The van der Waals surface area contributed by atoms with E-state index in [1.807, 2.05) is 30.3 Å². The fourth-order valence-electron chi connectivity index (χ4n) is 3.52. The van der Waals surface area contributed by atoms with Crippen LogP contribution in [0.2, 0.25) is 0 Å². The third-order valence-electron chi connectivity index (χ3n) is 5.43. The van der Waals surface area contributed by atoms with Gasteiger partial charge in [-0.05, 0) is 18.4 Å². The zero-order chi connectivity index (χ0) is 24.3. The molecular weight excluding hydrogens is 441 g/mol. The largest absolute Gasteiger partial charge is 0.475 e. The van der Waals surface area contributed by atoms with Gasteiger partial charge in [-0.1, -0.05) is 30.3 Å². The van der Waals surface area contributed by atoms with Crippen LogP contribution in [0.4, 0.5) is 0 Å². The van der Waals surface area contributed by atoms with E-state index < -0.39 is 30.9 Å². The predicted molar refractivity (Wildman–Crippen MR) is 122 cm³/mol. The number of aromatic nitrogens is 2. The number of nitrogens with one attached hydrogen (secondary N) is 2. The molecule has 34 heavy (non-hydrogen) atoms. The number of amides is 3. The van der Waals surface area contributed by atoms with Crippen molar-refractivity contribution >= 4 is 24.8 Å². The van der Waals surface area contributed by atoms with Crippen LogP contribution in [0.3, 0.4) is 0 Å². The first-order valence-corrected chi connectivity index (χ1v) is 11.1. The summed E-state index contributed by atoms with van der Waals surface area (Å²) >= 11 is 0. The summed E-state index contributed by atoms with van der Waals surface area (Å²) in [5.74, 6) is -2.70. The molecule has 0 radical (unpaired) electrons. The lowest BCUT2D eigenvalue weighted by Crippen LogP contribution is -2.55. The number of aryl methyl sites for hydroxylation is 1. The fraction of sp³-hybridized carbons (Fsp3) is 0.409. The molecule has 1 fully saturated rings. The van der Waals surface area contributed by atoms with E-state index in [9.17, 15) is 24.4 Å². The number of benzene rings is 1. The Balaban J connectivity index is 1.69. The van der Waals surface area contributed by atoms with E-state index in [0.29, 0.717) is 32.7 Å². The molecule has 0 saturated carbocycles. The molecule has 4 N–H and O–H groups in total. The lowest BCUT2D eigenvalue weighted by Gasteiger charge is -2.29. The molecule has 1 saturated heterocycles. The van der Waals surface area contributed by atoms with Gasteiger partial charge < -0.3 is 30.3 Å². The summed E-state index contributed by atoms with van der Waals surface area (Å²) in [6.07, 6.45) is 4.43. The smallest absolute Gasteiger partial charge is 0.426 e. The number of hydrogen-bond donors (Lipinski definition) is 4. The summed E-state index contributed by atoms with van der Waals surface area (Å²) < 4.78 is 5.25. The first-order chi connectivity index (χ1) is 16.4. The predicted octanol–water partition coefficient (Wildman–Crippen LogP) is -1.05. The second-order valence-corrected chi connectivity index (χ2v) is 7.87. The maximum absolute atomic E-state index is 13.1. The van der Waals surface area contributed by atoms with Crippen molar-refractivity contribution < 1.29 is 29.2 Å². The van der Waals surface area contributed by atoms with Gasteiger partial charge in [0.15, 0.2) is 0 Å². The second kappa shape index (κ2) is 12.8. The fourth-order valence-corrected chi connectivity index (χ4v) is 3.52. The standard InChI is InChI=1S/C22H28BN5O6/c29-20(28-10-12-34-13-11-28)14-17(26-22(31)18-15-24-8-9-25-18)21(30)27-19(23(32)33)7-6-16-4-2-1-3-5-16/h1-5,8-9,15,17,19,32-33H,6-7,10-14H2,(H,26,31)(H,27,30)/t17?,19-/m0/s1. The molecule has 1 aromatic heterocycles. The van der Waals surface area contributed by atoms with Gasteiger partial charge in [-0.3, -0.25) is 19.4 Å². The van der Waals surface area contributed by atoms with Crippen LogP contribution in [0.25, 0.3) is 0 Å². The molecule has 11 nitrogen and oxygen atoms in total. The average molecular weight is 469 g/mol. The molecule has 1 aromatic carbocycles. The minimum Gasteiger partial charge on any atom is -0.426 e. The Morgan fingerprint density at radius 1 is 1.09 bits per heavy atom. The Labute approximate surface area is 197 Å². The van der Waals surface area contributed by atoms with Crippen molar-refractivity contribution in [2.75, 3.05) is 26.3 Å². The highest BCUT2D eigenvalue weighted by Gasteiger charge is 2.32. The van der Waals surface area contributed by atoms with Gasteiger partial charge in [-0.25, -0.2) is 4.98 Å². The first kappa shape index (κ1) is 25.3. The van der Waals surface area contributed by atoms with Crippen molar-refractivity contribution in [2.24, 2.45) is 0 Å². The SMILES string of the molecule is O=C(NC(CC(=O)N1CCOCC1)C(=O)N[C@@H](CCc1ccccc1)B(O)O)c1cnccn1. The third-order valence-corrected chi connectivity index (χ3v) is 5.43. The third kappa shape index (κ3) is 7.61. The van der Waals surface area contributed by atoms with Gasteiger partial charge >= 0.3 is 7.12 Å². The van der Waals surface area contributed by atoms with Crippen LogP contribution in [-0.4, -0.2) is 88.0 Å². The highest BCUT2D eigenvalue weighted by molar-refractivity contribution is 6.43. The summed E-state index contributed by atoms with van der Waals surface area (Å²) in [5, 5.41) is 24.7. The van der Waals surface area contributed by atoms with Crippen molar-refractivity contribution in [3.8, 4) is 0 Å². The van der Waals surface area contributed by atoms with Crippen molar-refractivity contribution in [2.45, 2.75) is 31.2 Å². The number of morpholine rings is 1. The molecule has 180 valence electrons. The molecule has 3 rings (SSSR count). The van der Waals surface area contributed by atoms with Gasteiger partial charge in [0.25, 0.3) is 5.91 Å². The quantitative estimate of drug-likeness (QED) is 0.322. The minimum absolute atomic E-state index is 0.0121. The van der Waals surface area contributed by atoms with E-state index in [4.69, 9.17) is 4.74 Å². The van der Waals surface area contributed by atoms with E-state index in [2.05, 4.69) is 20.6 Å². The number of rotatable bonds is 10. The lowest BCUT2D eigenvalue weighted by molar-refractivity contribution is -0.138. The van der Waals surface area contributed by atoms with Crippen LogP contribution in [0.5, 0.6) is 0 Å². The number of carbonyl (C=O) groups is 3. The summed E-state index contributed by atoms with van der Waals surface area (Å²) in [6.45, 7) is 1.57.